The molecule has 0 radical (unpaired) electrons. The van der Waals surface area contributed by atoms with Gasteiger partial charge in [0.1, 0.15) is 0 Å². The Bertz CT molecular complexity index is 694. The fourth-order valence-corrected chi connectivity index (χ4v) is 3.35. The molecule has 0 saturated carbocycles. The van der Waals surface area contributed by atoms with E-state index in [1.54, 1.807) is 0 Å². The van der Waals surface area contributed by atoms with Crippen LogP contribution in [0.2, 0.25) is 0 Å². The first-order valence-corrected chi connectivity index (χ1v) is 6.62. The van der Waals surface area contributed by atoms with Crippen LogP contribution in [0.5, 0.6) is 0 Å². The maximum atomic E-state index is 2.36. The Balaban J connectivity index is 1.97. The molecular weight excluding hydrogens is 226 g/mol. The first-order chi connectivity index (χ1) is 8.42. The number of benzene rings is 1. The van der Waals surface area contributed by atoms with Gasteiger partial charge in [-0.05, 0) is 34.1 Å². The fraction of sp³-hybridized carbons (Fsp3) is 0.0667. The molecule has 4 rings (SSSR count). The van der Waals surface area contributed by atoms with Crippen LogP contribution in [0.25, 0.3) is 12.3 Å². The number of hydrogen-bond donors (Lipinski definition) is 0. The summed E-state index contributed by atoms with van der Waals surface area (Å²) in [6, 6.07) is 8.94. The minimum atomic E-state index is 0.407. The minimum absolute atomic E-state index is 0.407. The highest BCUT2D eigenvalue weighted by Crippen LogP contribution is 2.37. The molecule has 0 aliphatic carbocycles. The highest BCUT2D eigenvalue weighted by Gasteiger charge is 2.26. The maximum absolute atomic E-state index is 2.36. The van der Waals surface area contributed by atoms with E-state index in [4.69, 9.17) is 0 Å². The maximum Gasteiger partial charge on any atom is 0.0839 e. The molecule has 0 spiro atoms. The number of nitrogens with zero attached hydrogens (tertiary/aromatic N) is 1. The number of fused-ring (bicyclic) bond motifs is 4. The van der Waals surface area contributed by atoms with Crippen molar-refractivity contribution in [3.8, 4) is 0 Å². The van der Waals surface area contributed by atoms with Gasteiger partial charge in [0.05, 0.1) is 6.04 Å². The molecule has 0 N–H and O–H groups in total. The van der Waals surface area contributed by atoms with E-state index in [-0.39, 0.29) is 0 Å². The zero-order valence-corrected chi connectivity index (χ0v) is 10.0. The molecular formula is C15H11NS. The Morgan fingerprint density at radius 2 is 1.94 bits per heavy atom. The molecule has 82 valence electrons. The van der Waals surface area contributed by atoms with E-state index in [0.29, 0.717) is 6.04 Å². The standard InChI is InChI=1S/C15H11NS/c1-2-4-12-10-16-13(9-11(12)3-1)5-6-15-14(16)7-8-17-15/h1-10,14H. The molecule has 1 aromatic carbocycles. The summed E-state index contributed by atoms with van der Waals surface area (Å²) in [5, 5.41) is 4.79. The number of rotatable bonds is 0. The van der Waals surface area contributed by atoms with Crippen molar-refractivity contribution in [2.45, 2.75) is 6.04 Å². The molecule has 1 unspecified atom stereocenters. The van der Waals surface area contributed by atoms with Crippen LogP contribution in [0.1, 0.15) is 0 Å². The third-order valence-electron chi connectivity index (χ3n) is 3.35. The average Bonchev–Trinajstić information content (AvgIpc) is 2.85. The monoisotopic (exact) mass is 237 g/mol. The Morgan fingerprint density at radius 1 is 1.06 bits per heavy atom. The zero-order chi connectivity index (χ0) is 11.2. The summed E-state index contributed by atoms with van der Waals surface area (Å²) < 4.78 is 0. The van der Waals surface area contributed by atoms with E-state index in [0.717, 1.165) is 0 Å². The van der Waals surface area contributed by atoms with Crippen molar-refractivity contribution in [3.63, 3.8) is 0 Å². The van der Waals surface area contributed by atoms with Gasteiger partial charge in [-0.25, -0.2) is 0 Å². The summed E-state index contributed by atoms with van der Waals surface area (Å²) in [5.41, 5.74) is 1.28. The van der Waals surface area contributed by atoms with E-state index < -0.39 is 0 Å². The first-order valence-electron chi connectivity index (χ1n) is 5.74. The van der Waals surface area contributed by atoms with Gasteiger partial charge in [0.15, 0.2) is 0 Å². The van der Waals surface area contributed by atoms with Crippen LogP contribution in [0.4, 0.5) is 0 Å². The second-order valence-corrected chi connectivity index (χ2v) is 5.34. The van der Waals surface area contributed by atoms with Crippen LogP contribution in [0, 0.1) is 0 Å². The van der Waals surface area contributed by atoms with Gasteiger partial charge >= 0.3 is 0 Å². The molecule has 0 saturated heterocycles. The zero-order valence-electron chi connectivity index (χ0n) is 9.21. The normalized spacial score (nSPS) is 23.8. The molecule has 1 aromatic rings. The average molecular weight is 237 g/mol. The topological polar surface area (TPSA) is 3.24 Å². The molecule has 3 heterocycles. The van der Waals surface area contributed by atoms with Gasteiger partial charge in [0, 0.05) is 16.8 Å². The van der Waals surface area contributed by atoms with E-state index in [9.17, 15) is 0 Å². The summed E-state index contributed by atoms with van der Waals surface area (Å²) in [5.74, 6) is 0. The fourth-order valence-electron chi connectivity index (χ4n) is 2.49. The van der Waals surface area contributed by atoms with Gasteiger partial charge in [-0.2, -0.15) is 0 Å². The van der Waals surface area contributed by atoms with Crippen molar-refractivity contribution < 1.29 is 0 Å². The molecule has 0 bridgehead atoms. The van der Waals surface area contributed by atoms with Crippen LogP contribution in [0.15, 0.2) is 58.5 Å². The summed E-state index contributed by atoms with van der Waals surface area (Å²) in [6.07, 6.45) is 11.2. The highest BCUT2D eigenvalue weighted by atomic mass is 32.2. The molecule has 1 nitrogen and oxygen atoms in total. The third kappa shape index (κ3) is 1.34. The molecule has 0 aromatic heterocycles. The van der Waals surface area contributed by atoms with Crippen molar-refractivity contribution in [1.29, 1.82) is 0 Å². The van der Waals surface area contributed by atoms with Crippen LogP contribution in [0.3, 0.4) is 0 Å². The quantitative estimate of drug-likeness (QED) is 0.678. The van der Waals surface area contributed by atoms with Gasteiger partial charge in [-0.15, -0.1) is 11.8 Å². The van der Waals surface area contributed by atoms with Crippen LogP contribution in [-0.2, 0) is 0 Å². The lowest BCUT2D eigenvalue weighted by Gasteiger charge is -2.32. The minimum Gasteiger partial charge on any atom is -0.336 e. The van der Waals surface area contributed by atoms with Crippen molar-refractivity contribution >= 4 is 24.0 Å². The highest BCUT2D eigenvalue weighted by molar-refractivity contribution is 8.06. The third-order valence-corrected chi connectivity index (χ3v) is 4.29. The van der Waals surface area contributed by atoms with Crippen LogP contribution < -0.4 is 10.4 Å². The second kappa shape index (κ2) is 3.41. The summed E-state index contributed by atoms with van der Waals surface area (Å²) in [7, 11) is 0. The van der Waals surface area contributed by atoms with Crippen molar-refractivity contribution in [3.05, 3.63) is 68.9 Å². The second-order valence-electron chi connectivity index (χ2n) is 4.36. The van der Waals surface area contributed by atoms with Gasteiger partial charge < -0.3 is 4.90 Å². The number of allylic oxidation sites excluding steroid dienone is 3. The van der Waals surface area contributed by atoms with E-state index in [1.165, 1.54) is 21.0 Å². The lowest BCUT2D eigenvalue weighted by molar-refractivity contribution is 0.495. The van der Waals surface area contributed by atoms with Gasteiger partial charge in [0.2, 0.25) is 0 Å². The smallest absolute Gasteiger partial charge is 0.0839 e. The van der Waals surface area contributed by atoms with Gasteiger partial charge in [-0.3, -0.25) is 0 Å². The lowest BCUT2D eigenvalue weighted by atomic mass is 10.1. The molecule has 0 fully saturated rings. The Hall–Kier alpha value is -1.67. The van der Waals surface area contributed by atoms with Crippen molar-refractivity contribution in [2.75, 3.05) is 0 Å². The SMILES string of the molecule is C1=CC2C(=CC=C3C=c4ccccc4=CN32)S1. The largest absolute Gasteiger partial charge is 0.336 e. The Kier molecular flexibility index (Phi) is 1.88. The van der Waals surface area contributed by atoms with E-state index in [1.807, 2.05) is 11.8 Å². The Morgan fingerprint density at radius 3 is 2.88 bits per heavy atom. The lowest BCUT2D eigenvalue weighted by Crippen LogP contribution is -2.39. The summed E-state index contributed by atoms with van der Waals surface area (Å²) in [4.78, 5) is 3.77. The molecule has 3 aliphatic rings. The van der Waals surface area contributed by atoms with Crippen molar-refractivity contribution in [1.82, 2.24) is 4.90 Å². The molecule has 2 heteroatoms. The van der Waals surface area contributed by atoms with E-state index >= 15 is 0 Å². The molecule has 0 amide bonds. The van der Waals surface area contributed by atoms with Crippen LogP contribution >= 0.6 is 11.8 Å². The summed E-state index contributed by atoms with van der Waals surface area (Å²) in [6.45, 7) is 0. The molecule has 17 heavy (non-hydrogen) atoms. The Labute approximate surface area is 104 Å². The summed E-state index contributed by atoms with van der Waals surface area (Å²) >= 11 is 1.82. The van der Waals surface area contributed by atoms with Crippen molar-refractivity contribution in [2.24, 2.45) is 0 Å². The van der Waals surface area contributed by atoms with Gasteiger partial charge in [-0.1, -0.05) is 30.3 Å². The predicted octanol–water partition coefficient (Wildman–Crippen LogP) is 1.93. The molecule has 1 atom stereocenters. The first kappa shape index (κ1) is 9.37. The predicted molar refractivity (Wildman–Crippen MR) is 73.1 cm³/mol. The molecule has 3 aliphatic heterocycles. The number of thioether (sulfide) groups is 1. The van der Waals surface area contributed by atoms with Gasteiger partial charge in [0.25, 0.3) is 0 Å². The van der Waals surface area contributed by atoms with Crippen LogP contribution in [-0.4, -0.2) is 10.9 Å². The van der Waals surface area contributed by atoms with E-state index in [2.05, 4.69) is 65.1 Å². The number of hydrogen-bond acceptors (Lipinski definition) is 2.